The van der Waals surface area contributed by atoms with Crippen LogP contribution >= 0.6 is 11.6 Å². The molecular formula is C18H18ClN3O. The van der Waals surface area contributed by atoms with Gasteiger partial charge in [-0.25, -0.2) is 4.98 Å². The summed E-state index contributed by atoms with van der Waals surface area (Å²) in [6.45, 7) is 5.74. The van der Waals surface area contributed by atoms with Crippen molar-refractivity contribution in [2.45, 2.75) is 26.1 Å². The molecule has 1 atom stereocenters. The van der Waals surface area contributed by atoms with Crippen LogP contribution in [0.4, 0.5) is 5.82 Å². The van der Waals surface area contributed by atoms with Gasteiger partial charge in [-0.2, -0.15) is 0 Å². The number of aromatic nitrogens is 2. The molecule has 0 aliphatic rings. The van der Waals surface area contributed by atoms with Crippen LogP contribution in [-0.2, 0) is 4.79 Å². The highest BCUT2D eigenvalue weighted by molar-refractivity contribution is 6.32. The molecule has 118 valence electrons. The van der Waals surface area contributed by atoms with Crippen molar-refractivity contribution < 1.29 is 4.79 Å². The summed E-state index contributed by atoms with van der Waals surface area (Å²) >= 11 is 5.90. The molecule has 0 spiro atoms. The Bertz CT molecular complexity index is 863. The van der Waals surface area contributed by atoms with E-state index in [1.54, 1.807) is 6.92 Å². The second-order valence-corrected chi connectivity index (χ2v) is 6.37. The van der Waals surface area contributed by atoms with Crippen molar-refractivity contribution in [1.82, 2.24) is 9.38 Å². The molecule has 1 unspecified atom stereocenters. The first-order valence-corrected chi connectivity index (χ1v) is 7.90. The third-order valence-corrected chi connectivity index (χ3v) is 3.83. The molecule has 0 fully saturated rings. The van der Waals surface area contributed by atoms with E-state index in [1.807, 2.05) is 42.6 Å². The molecule has 0 radical (unpaired) electrons. The second kappa shape index (κ2) is 6.05. The monoisotopic (exact) mass is 327 g/mol. The number of imidazole rings is 1. The van der Waals surface area contributed by atoms with Gasteiger partial charge in [0.05, 0.1) is 0 Å². The number of aryl methyl sites for hydroxylation is 2. The van der Waals surface area contributed by atoms with E-state index in [9.17, 15) is 4.79 Å². The smallest absolute Gasteiger partial charge is 0.243 e. The number of hydrogen-bond donors (Lipinski definition) is 1. The first-order valence-electron chi connectivity index (χ1n) is 7.46. The Balaban J connectivity index is 2.21. The van der Waals surface area contributed by atoms with Gasteiger partial charge in [0.15, 0.2) is 0 Å². The molecule has 3 rings (SSSR count). The first-order chi connectivity index (χ1) is 11.0. The Labute approximate surface area is 140 Å². The zero-order valence-corrected chi connectivity index (χ0v) is 14.1. The van der Waals surface area contributed by atoms with Crippen LogP contribution in [-0.4, -0.2) is 20.7 Å². The van der Waals surface area contributed by atoms with Gasteiger partial charge in [-0.1, -0.05) is 23.3 Å². The molecule has 1 N–H and O–H groups in total. The minimum atomic E-state index is -0.614. The number of nitrogens with zero attached hydrogens (tertiary/aromatic N) is 2. The zero-order chi connectivity index (χ0) is 16.6. The molecule has 4 nitrogen and oxygen atoms in total. The SMILES string of the molecule is Cc1cc(C)cc(-c2nc3ccccn3c2NC(=O)C(C)Cl)c1. The fourth-order valence-corrected chi connectivity index (χ4v) is 2.70. The van der Waals surface area contributed by atoms with Crippen molar-refractivity contribution in [3.05, 3.63) is 53.7 Å². The number of amides is 1. The summed E-state index contributed by atoms with van der Waals surface area (Å²) in [6.07, 6.45) is 1.88. The average molecular weight is 328 g/mol. The second-order valence-electron chi connectivity index (χ2n) is 5.72. The topological polar surface area (TPSA) is 46.4 Å². The summed E-state index contributed by atoms with van der Waals surface area (Å²) in [7, 11) is 0. The van der Waals surface area contributed by atoms with Crippen molar-refractivity contribution in [2.24, 2.45) is 0 Å². The van der Waals surface area contributed by atoms with E-state index in [1.165, 1.54) is 0 Å². The molecule has 5 heteroatoms. The van der Waals surface area contributed by atoms with E-state index in [0.29, 0.717) is 5.82 Å². The third-order valence-electron chi connectivity index (χ3n) is 3.63. The van der Waals surface area contributed by atoms with E-state index >= 15 is 0 Å². The van der Waals surface area contributed by atoms with E-state index in [2.05, 4.69) is 28.5 Å². The number of nitrogens with one attached hydrogen (secondary N) is 1. The van der Waals surface area contributed by atoms with Gasteiger partial charge in [-0.3, -0.25) is 9.20 Å². The van der Waals surface area contributed by atoms with Crippen molar-refractivity contribution >= 4 is 29.0 Å². The van der Waals surface area contributed by atoms with Crippen LogP contribution in [0.5, 0.6) is 0 Å². The summed E-state index contributed by atoms with van der Waals surface area (Å²) in [5.74, 6) is 0.394. The largest absolute Gasteiger partial charge is 0.309 e. The number of fused-ring (bicyclic) bond motifs is 1. The lowest BCUT2D eigenvalue weighted by molar-refractivity contribution is -0.115. The third kappa shape index (κ3) is 3.08. The molecule has 2 aromatic heterocycles. The fraction of sp³-hybridized carbons (Fsp3) is 0.222. The maximum atomic E-state index is 12.1. The van der Waals surface area contributed by atoms with Gasteiger partial charge < -0.3 is 5.32 Å². The van der Waals surface area contributed by atoms with E-state index in [4.69, 9.17) is 11.6 Å². The standard InChI is InChI=1S/C18H18ClN3O/c1-11-8-12(2)10-14(9-11)16-17(21-18(23)13(3)19)22-7-5-4-6-15(22)20-16/h4-10,13H,1-3H3,(H,21,23). The number of carbonyl (C=O) groups excluding carboxylic acids is 1. The lowest BCUT2D eigenvalue weighted by Gasteiger charge is -2.09. The summed E-state index contributed by atoms with van der Waals surface area (Å²) in [5, 5.41) is 2.29. The maximum absolute atomic E-state index is 12.1. The van der Waals surface area contributed by atoms with E-state index < -0.39 is 5.38 Å². The minimum absolute atomic E-state index is 0.247. The van der Waals surface area contributed by atoms with Gasteiger partial charge in [0, 0.05) is 11.8 Å². The molecule has 23 heavy (non-hydrogen) atoms. The van der Waals surface area contributed by atoms with Gasteiger partial charge in [0.1, 0.15) is 22.5 Å². The number of pyridine rings is 1. The average Bonchev–Trinajstić information content (AvgIpc) is 2.85. The number of halogens is 1. The Kier molecular flexibility index (Phi) is 4.09. The summed E-state index contributed by atoms with van der Waals surface area (Å²) < 4.78 is 1.87. The quantitative estimate of drug-likeness (QED) is 0.733. The minimum Gasteiger partial charge on any atom is -0.309 e. The number of rotatable bonds is 3. The van der Waals surface area contributed by atoms with Gasteiger partial charge in [0.2, 0.25) is 5.91 Å². The molecular weight excluding hydrogens is 310 g/mol. The molecule has 0 saturated heterocycles. The predicted molar refractivity (Wildman–Crippen MR) is 94.0 cm³/mol. The van der Waals surface area contributed by atoms with E-state index in [0.717, 1.165) is 28.0 Å². The highest BCUT2D eigenvalue weighted by Gasteiger charge is 2.18. The number of alkyl halides is 1. The van der Waals surface area contributed by atoms with Crippen LogP contribution in [0.3, 0.4) is 0 Å². The van der Waals surface area contributed by atoms with Crippen LogP contribution in [0.25, 0.3) is 16.9 Å². The van der Waals surface area contributed by atoms with Crippen LogP contribution in [0.2, 0.25) is 0 Å². The fourth-order valence-electron chi connectivity index (χ4n) is 2.64. The molecule has 0 aliphatic carbocycles. The normalized spacial score (nSPS) is 12.3. The molecule has 1 aromatic carbocycles. The summed E-state index contributed by atoms with van der Waals surface area (Å²) in [6, 6.07) is 12.0. The Morgan fingerprint density at radius 2 is 1.91 bits per heavy atom. The van der Waals surface area contributed by atoms with Gasteiger partial charge >= 0.3 is 0 Å². The molecule has 2 heterocycles. The van der Waals surface area contributed by atoms with Crippen molar-refractivity contribution in [2.75, 3.05) is 5.32 Å². The van der Waals surface area contributed by atoms with E-state index in [-0.39, 0.29) is 5.91 Å². The van der Waals surface area contributed by atoms with Crippen molar-refractivity contribution in [3.63, 3.8) is 0 Å². The molecule has 1 amide bonds. The lowest BCUT2D eigenvalue weighted by atomic mass is 10.0. The number of carbonyl (C=O) groups is 1. The Morgan fingerprint density at radius 3 is 2.57 bits per heavy atom. The highest BCUT2D eigenvalue weighted by atomic mass is 35.5. The lowest BCUT2D eigenvalue weighted by Crippen LogP contribution is -2.21. The Morgan fingerprint density at radius 1 is 1.22 bits per heavy atom. The van der Waals surface area contributed by atoms with Crippen LogP contribution < -0.4 is 5.32 Å². The highest BCUT2D eigenvalue weighted by Crippen LogP contribution is 2.30. The zero-order valence-electron chi connectivity index (χ0n) is 13.3. The van der Waals surface area contributed by atoms with Gasteiger partial charge in [-0.15, -0.1) is 11.6 Å². The number of anilines is 1. The summed E-state index contributed by atoms with van der Waals surface area (Å²) in [5.41, 5.74) is 4.80. The molecule has 0 bridgehead atoms. The summed E-state index contributed by atoms with van der Waals surface area (Å²) in [4.78, 5) is 16.8. The van der Waals surface area contributed by atoms with Crippen molar-refractivity contribution in [3.8, 4) is 11.3 Å². The maximum Gasteiger partial charge on any atom is 0.243 e. The van der Waals surface area contributed by atoms with Crippen LogP contribution in [0, 0.1) is 13.8 Å². The van der Waals surface area contributed by atoms with Gasteiger partial charge in [0.25, 0.3) is 0 Å². The molecule has 0 aliphatic heterocycles. The molecule has 3 aromatic rings. The number of benzene rings is 1. The van der Waals surface area contributed by atoms with Crippen LogP contribution in [0.15, 0.2) is 42.6 Å². The first kappa shape index (κ1) is 15.6. The molecule has 0 saturated carbocycles. The predicted octanol–water partition coefficient (Wildman–Crippen LogP) is 4.18. The Hall–Kier alpha value is -2.33. The van der Waals surface area contributed by atoms with Crippen LogP contribution in [0.1, 0.15) is 18.1 Å². The number of hydrogen-bond acceptors (Lipinski definition) is 2. The van der Waals surface area contributed by atoms with Crippen molar-refractivity contribution in [1.29, 1.82) is 0 Å². The van der Waals surface area contributed by atoms with Gasteiger partial charge in [-0.05, 0) is 45.0 Å².